The van der Waals surface area contributed by atoms with Crippen molar-refractivity contribution in [3.8, 4) is 16.3 Å². The fourth-order valence-corrected chi connectivity index (χ4v) is 4.95. The summed E-state index contributed by atoms with van der Waals surface area (Å²) in [7, 11) is 0. The molecule has 0 atom stereocenters. The van der Waals surface area contributed by atoms with Crippen molar-refractivity contribution in [3.05, 3.63) is 52.9 Å². The van der Waals surface area contributed by atoms with Gasteiger partial charge in [0.1, 0.15) is 29.4 Å². The molecule has 0 saturated heterocycles. The quantitative estimate of drug-likeness (QED) is 0.0753. The fourth-order valence-electron chi connectivity index (χ4n) is 3.98. The Balaban J connectivity index is 1.73. The topological polar surface area (TPSA) is 213 Å². The molecule has 0 radical (unpaired) electrons. The third-order valence-corrected chi connectivity index (χ3v) is 7.18. The van der Waals surface area contributed by atoms with Gasteiger partial charge in [-0.1, -0.05) is 12.1 Å². The number of aromatic nitrogens is 1. The number of hydrogen-bond donors (Lipinski definition) is 0. The first-order chi connectivity index (χ1) is 23.4. The number of rotatable bonds is 15. The molecule has 4 rings (SSSR count). The van der Waals surface area contributed by atoms with Crippen LogP contribution in [0.5, 0.6) is 5.75 Å². The SMILES string of the molecule is CC(=O)OCOC(=O)COc1cc2cc(-c3nc4ccccc4s3)c(=O)oc2cc1N(CC(=O)OCOC(C)=O)CC(=O)OCOC(C)=O. The van der Waals surface area contributed by atoms with Gasteiger partial charge in [-0.15, -0.1) is 11.3 Å². The number of para-hydroxylation sites is 1. The number of ether oxygens (including phenoxy) is 7. The van der Waals surface area contributed by atoms with Gasteiger partial charge in [0.15, 0.2) is 6.61 Å². The van der Waals surface area contributed by atoms with E-state index in [-0.39, 0.29) is 22.6 Å². The molecule has 258 valence electrons. The maximum Gasteiger partial charge on any atom is 0.347 e. The first-order valence-electron chi connectivity index (χ1n) is 14.1. The minimum Gasteiger partial charge on any atom is -0.480 e. The van der Waals surface area contributed by atoms with Crippen LogP contribution in [0.15, 0.2) is 51.7 Å². The lowest BCUT2D eigenvalue weighted by molar-refractivity contribution is -0.168. The van der Waals surface area contributed by atoms with Gasteiger partial charge in [-0.25, -0.2) is 14.6 Å². The van der Waals surface area contributed by atoms with E-state index in [1.54, 1.807) is 12.1 Å². The maximum atomic E-state index is 13.2. The monoisotopic (exact) mass is 700 g/mol. The van der Waals surface area contributed by atoms with Crippen molar-refractivity contribution in [2.75, 3.05) is 45.0 Å². The van der Waals surface area contributed by atoms with E-state index in [0.717, 1.165) is 30.4 Å². The second-order valence-electron chi connectivity index (χ2n) is 9.75. The van der Waals surface area contributed by atoms with Crippen molar-refractivity contribution in [2.45, 2.75) is 20.8 Å². The van der Waals surface area contributed by atoms with Crippen LogP contribution in [-0.2, 0) is 57.2 Å². The number of anilines is 1. The minimum atomic E-state index is -0.978. The summed E-state index contributed by atoms with van der Waals surface area (Å²) in [6.45, 7) is -0.898. The van der Waals surface area contributed by atoms with Gasteiger partial charge in [0.05, 0.1) is 21.5 Å². The number of esters is 6. The average Bonchev–Trinajstić information content (AvgIpc) is 3.46. The summed E-state index contributed by atoms with van der Waals surface area (Å²) in [5.41, 5.74) is -0.0156. The number of thiazole rings is 1. The number of carbonyl (C=O) groups is 6. The Kier molecular flexibility index (Phi) is 12.2. The summed E-state index contributed by atoms with van der Waals surface area (Å²) in [6, 6.07) is 11.4. The van der Waals surface area contributed by atoms with E-state index in [1.165, 1.54) is 29.5 Å². The zero-order chi connectivity index (χ0) is 35.5. The number of nitrogens with zero attached hydrogens (tertiary/aromatic N) is 2. The summed E-state index contributed by atoms with van der Waals surface area (Å²) < 4.78 is 40.7. The van der Waals surface area contributed by atoms with E-state index in [9.17, 15) is 33.6 Å². The molecule has 2 heterocycles. The standard InChI is InChI=1S/C31H28N2O15S/c1-17(34)42-14-45-27(37)11-33(12-28(38)46-15-43-18(2)35)23-10-24-20(9-25(23)41-13-29(39)47-16-44-19(3)36)8-21(31(40)48-24)30-32-22-6-4-5-7-26(22)49-30/h4-10H,11-16H2,1-3H3. The summed E-state index contributed by atoms with van der Waals surface area (Å²) in [6.07, 6.45) is 0. The van der Waals surface area contributed by atoms with Gasteiger partial charge in [-0.2, -0.15) is 0 Å². The van der Waals surface area contributed by atoms with Crippen molar-refractivity contribution >= 4 is 74.0 Å². The highest BCUT2D eigenvalue weighted by Crippen LogP contribution is 2.36. The molecule has 0 saturated carbocycles. The molecule has 0 unspecified atom stereocenters. The molecule has 4 aromatic rings. The second-order valence-corrected chi connectivity index (χ2v) is 10.8. The Bertz CT molecular complexity index is 1880. The molecule has 18 heteroatoms. The largest absolute Gasteiger partial charge is 0.480 e. The maximum absolute atomic E-state index is 13.2. The molecule has 0 N–H and O–H groups in total. The second kappa shape index (κ2) is 16.7. The number of hydrogen-bond acceptors (Lipinski definition) is 18. The predicted molar refractivity (Wildman–Crippen MR) is 167 cm³/mol. The normalized spacial score (nSPS) is 10.6. The lowest BCUT2D eigenvalue weighted by Gasteiger charge is -2.25. The molecule has 2 aromatic heterocycles. The number of fused-ring (bicyclic) bond motifs is 2. The summed E-state index contributed by atoms with van der Waals surface area (Å²) >= 11 is 1.27. The first-order valence-corrected chi connectivity index (χ1v) is 14.9. The molecule has 0 spiro atoms. The van der Waals surface area contributed by atoms with Crippen molar-refractivity contribution in [2.24, 2.45) is 0 Å². The van der Waals surface area contributed by atoms with Crippen LogP contribution in [0.4, 0.5) is 5.69 Å². The van der Waals surface area contributed by atoms with Gasteiger partial charge in [0, 0.05) is 32.2 Å². The number of benzene rings is 2. The Labute approximate surface area is 280 Å². The Morgan fingerprint density at radius 3 is 1.90 bits per heavy atom. The van der Waals surface area contributed by atoms with Crippen molar-refractivity contribution in [1.29, 1.82) is 0 Å². The van der Waals surface area contributed by atoms with Gasteiger partial charge in [0.25, 0.3) is 0 Å². The highest BCUT2D eigenvalue weighted by molar-refractivity contribution is 7.21. The van der Waals surface area contributed by atoms with Gasteiger partial charge in [-0.3, -0.25) is 24.0 Å². The van der Waals surface area contributed by atoms with Crippen LogP contribution in [0.2, 0.25) is 0 Å². The van der Waals surface area contributed by atoms with Gasteiger partial charge < -0.3 is 42.5 Å². The Morgan fingerprint density at radius 2 is 1.33 bits per heavy atom. The molecule has 49 heavy (non-hydrogen) atoms. The van der Waals surface area contributed by atoms with Crippen LogP contribution in [0, 0.1) is 0 Å². The minimum absolute atomic E-state index is 0.0128. The highest BCUT2D eigenvalue weighted by atomic mass is 32.1. The molecule has 0 amide bonds. The molecule has 0 aliphatic rings. The van der Waals surface area contributed by atoms with Crippen LogP contribution in [0.1, 0.15) is 20.8 Å². The predicted octanol–water partition coefficient (Wildman–Crippen LogP) is 2.45. The molecule has 0 bridgehead atoms. The van der Waals surface area contributed by atoms with Crippen LogP contribution in [0.3, 0.4) is 0 Å². The van der Waals surface area contributed by atoms with E-state index >= 15 is 0 Å². The number of carbonyl (C=O) groups excluding carboxylic acids is 6. The van der Waals surface area contributed by atoms with Gasteiger partial charge in [-0.05, 0) is 24.3 Å². The zero-order valence-electron chi connectivity index (χ0n) is 26.2. The first kappa shape index (κ1) is 35.8. The van der Waals surface area contributed by atoms with Gasteiger partial charge in [0.2, 0.25) is 20.4 Å². The molecule has 0 aliphatic carbocycles. The van der Waals surface area contributed by atoms with Crippen molar-refractivity contribution in [3.63, 3.8) is 0 Å². The molecule has 17 nitrogen and oxygen atoms in total. The van der Waals surface area contributed by atoms with Crippen LogP contribution in [0.25, 0.3) is 31.8 Å². The van der Waals surface area contributed by atoms with E-state index in [4.69, 9.17) is 23.4 Å². The van der Waals surface area contributed by atoms with E-state index in [1.807, 2.05) is 12.1 Å². The Hall–Kier alpha value is -6.04. The smallest absolute Gasteiger partial charge is 0.347 e. The van der Waals surface area contributed by atoms with Crippen LogP contribution < -0.4 is 15.3 Å². The van der Waals surface area contributed by atoms with E-state index in [0.29, 0.717) is 15.9 Å². The lowest BCUT2D eigenvalue weighted by Crippen LogP contribution is -2.37. The highest BCUT2D eigenvalue weighted by Gasteiger charge is 2.24. The zero-order valence-corrected chi connectivity index (χ0v) is 27.0. The van der Waals surface area contributed by atoms with Crippen molar-refractivity contribution in [1.82, 2.24) is 4.98 Å². The third kappa shape index (κ3) is 10.5. The van der Waals surface area contributed by atoms with Crippen LogP contribution in [-0.4, -0.2) is 80.9 Å². The Morgan fingerprint density at radius 1 is 0.755 bits per heavy atom. The molecule has 0 aliphatic heterocycles. The van der Waals surface area contributed by atoms with E-state index < -0.39 is 81.5 Å². The fraction of sp³-hybridized carbons (Fsp3) is 0.290. The van der Waals surface area contributed by atoms with E-state index in [2.05, 4.69) is 19.2 Å². The summed E-state index contributed by atoms with van der Waals surface area (Å²) in [5.74, 6) is -5.14. The summed E-state index contributed by atoms with van der Waals surface area (Å²) in [5, 5.41) is 0.681. The molecular weight excluding hydrogens is 672 g/mol. The van der Waals surface area contributed by atoms with Crippen LogP contribution >= 0.6 is 11.3 Å². The summed E-state index contributed by atoms with van der Waals surface area (Å²) in [4.78, 5) is 89.8. The van der Waals surface area contributed by atoms with Crippen molar-refractivity contribution < 1.29 is 66.3 Å². The molecular formula is C31H28N2O15S. The van der Waals surface area contributed by atoms with Gasteiger partial charge >= 0.3 is 41.4 Å². The lowest BCUT2D eigenvalue weighted by atomic mass is 10.1. The molecule has 2 aromatic carbocycles. The molecule has 0 fully saturated rings. The average molecular weight is 701 g/mol. The third-order valence-electron chi connectivity index (χ3n) is 6.11.